The molecule has 0 spiro atoms. The maximum Gasteiger partial charge on any atom is 0.234 e. The van der Waals surface area contributed by atoms with Crippen molar-refractivity contribution in [1.29, 1.82) is 0 Å². The van der Waals surface area contributed by atoms with Crippen molar-refractivity contribution < 1.29 is 4.79 Å². The smallest absolute Gasteiger partial charge is 0.234 e. The third-order valence-corrected chi connectivity index (χ3v) is 4.40. The number of carbonyl (C=O) groups excluding carboxylic acids is 1. The molecule has 0 heterocycles. The number of carbonyl (C=O) groups is 1. The molecule has 96 valence electrons. The van der Waals surface area contributed by atoms with Gasteiger partial charge in [0.15, 0.2) is 0 Å². The Kier molecular flexibility index (Phi) is 4.21. The van der Waals surface area contributed by atoms with Crippen LogP contribution in [-0.4, -0.2) is 25.0 Å². The summed E-state index contributed by atoms with van der Waals surface area (Å²) in [7, 11) is 0. The van der Waals surface area contributed by atoms with Crippen molar-refractivity contribution in [3.8, 4) is 0 Å². The zero-order chi connectivity index (χ0) is 12.3. The minimum Gasteiger partial charge on any atom is -0.352 e. The number of nitrogens with one attached hydrogen (secondary N) is 2. The fourth-order valence-corrected chi connectivity index (χ4v) is 3.61. The Morgan fingerprint density at radius 3 is 2.88 bits per heavy atom. The van der Waals surface area contributed by atoms with E-state index < -0.39 is 0 Å². The van der Waals surface area contributed by atoms with Gasteiger partial charge in [0, 0.05) is 12.6 Å². The van der Waals surface area contributed by atoms with Crippen molar-refractivity contribution in [2.75, 3.05) is 13.1 Å². The van der Waals surface area contributed by atoms with Crippen LogP contribution in [0.3, 0.4) is 0 Å². The molecule has 0 aromatic rings. The lowest BCUT2D eigenvalue weighted by Crippen LogP contribution is -2.43. The fraction of sp³-hybridized carbons (Fsp3) is 0.786. The monoisotopic (exact) mass is 236 g/mol. The van der Waals surface area contributed by atoms with Crippen LogP contribution in [0.15, 0.2) is 12.7 Å². The van der Waals surface area contributed by atoms with Gasteiger partial charge in [-0.05, 0) is 43.9 Å². The van der Waals surface area contributed by atoms with Crippen molar-refractivity contribution in [2.45, 2.75) is 38.6 Å². The lowest BCUT2D eigenvalue weighted by atomic mass is 9.84. The number of hydrogen-bond acceptors (Lipinski definition) is 2. The number of amides is 1. The highest BCUT2D eigenvalue weighted by atomic mass is 16.1. The van der Waals surface area contributed by atoms with Crippen molar-refractivity contribution in [2.24, 2.45) is 17.8 Å². The highest BCUT2D eigenvalue weighted by molar-refractivity contribution is 5.78. The lowest BCUT2D eigenvalue weighted by molar-refractivity contribution is -0.121. The summed E-state index contributed by atoms with van der Waals surface area (Å²) < 4.78 is 0. The molecular formula is C14H24N2O. The molecule has 4 atom stereocenters. The van der Waals surface area contributed by atoms with Crippen molar-refractivity contribution >= 4 is 5.91 Å². The number of fused-ring (bicyclic) bond motifs is 2. The van der Waals surface area contributed by atoms with Gasteiger partial charge in [-0.15, -0.1) is 6.58 Å². The minimum absolute atomic E-state index is 0.113. The first-order valence-electron chi connectivity index (χ1n) is 6.81. The Morgan fingerprint density at radius 2 is 2.29 bits per heavy atom. The van der Waals surface area contributed by atoms with E-state index in [9.17, 15) is 4.79 Å². The van der Waals surface area contributed by atoms with Crippen LogP contribution in [0.2, 0.25) is 0 Å². The van der Waals surface area contributed by atoms with E-state index in [0.29, 0.717) is 19.1 Å². The van der Waals surface area contributed by atoms with Crippen LogP contribution >= 0.6 is 0 Å². The summed E-state index contributed by atoms with van der Waals surface area (Å²) >= 11 is 0. The molecule has 2 rings (SSSR count). The Labute approximate surface area is 104 Å². The molecule has 0 aromatic heterocycles. The normalized spacial score (nSPS) is 32.4. The second-order valence-corrected chi connectivity index (χ2v) is 5.61. The van der Waals surface area contributed by atoms with Crippen LogP contribution in [0.25, 0.3) is 0 Å². The van der Waals surface area contributed by atoms with E-state index in [-0.39, 0.29) is 5.91 Å². The molecule has 3 heteroatoms. The van der Waals surface area contributed by atoms with Gasteiger partial charge in [-0.25, -0.2) is 0 Å². The van der Waals surface area contributed by atoms with Gasteiger partial charge < -0.3 is 10.6 Å². The molecule has 2 aliphatic rings. The molecule has 0 unspecified atom stereocenters. The van der Waals surface area contributed by atoms with Crippen molar-refractivity contribution in [1.82, 2.24) is 10.6 Å². The van der Waals surface area contributed by atoms with Crippen LogP contribution in [0.1, 0.15) is 32.6 Å². The van der Waals surface area contributed by atoms with E-state index >= 15 is 0 Å². The molecule has 3 nitrogen and oxygen atoms in total. The largest absolute Gasteiger partial charge is 0.352 e. The average molecular weight is 236 g/mol. The maximum absolute atomic E-state index is 11.7. The molecule has 2 aliphatic carbocycles. The second-order valence-electron chi connectivity index (χ2n) is 5.61. The van der Waals surface area contributed by atoms with Gasteiger partial charge in [0.25, 0.3) is 0 Å². The molecule has 0 aliphatic heterocycles. The molecule has 0 aromatic carbocycles. The van der Waals surface area contributed by atoms with E-state index in [1.165, 1.54) is 25.7 Å². The fourth-order valence-electron chi connectivity index (χ4n) is 3.61. The predicted octanol–water partition coefficient (Wildman–Crippen LogP) is 1.70. The van der Waals surface area contributed by atoms with E-state index in [2.05, 4.69) is 24.1 Å². The summed E-state index contributed by atoms with van der Waals surface area (Å²) in [4.78, 5) is 11.7. The summed E-state index contributed by atoms with van der Waals surface area (Å²) in [6, 6.07) is 0.336. The highest BCUT2D eigenvalue weighted by Gasteiger charge is 2.41. The highest BCUT2D eigenvalue weighted by Crippen LogP contribution is 2.49. The van der Waals surface area contributed by atoms with Gasteiger partial charge >= 0.3 is 0 Å². The lowest BCUT2D eigenvalue weighted by Gasteiger charge is -2.28. The van der Waals surface area contributed by atoms with Crippen LogP contribution < -0.4 is 10.6 Å². The molecule has 1 amide bonds. The van der Waals surface area contributed by atoms with E-state index in [4.69, 9.17) is 0 Å². The zero-order valence-electron chi connectivity index (χ0n) is 10.7. The van der Waals surface area contributed by atoms with Crippen molar-refractivity contribution in [3.05, 3.63) is 12.7 Å². The third kappa shape index (κ3) is 3.09. The van der Waals surface area contributed by atoms with E-state index in [0.717, 1.165) is 17.8 Å². The van der Waals surface area contributed by atoms with Crippen molar-refractivity contribution in [3.63, 3.8) is 0 Å². The molecule has 0 radical (unpaired) electrons. The molecule has 0 saturated heterocycles. The summed E-state index contributed by atoms with van der Waals surface area (Å²) in [5.41, 5.74) is 0. The van der Waals surface area contributed by atoms with E-state index in [1.54, 1.807) is 6.08 Å². The Morgan fingerprint density at radius 1 is 1.47 bits per heavy atom. The van der Waals surface area contributed by atoms with Gasteiger partial charge in [-0.1, -0.05) is 12.5 Å². The summed E-state index contributed by atoms with van der Waals surface area (Å²) in [5.74, 6) is 2.65. The summed E-state index contributed by atoms with van der Waals surface area (Å²) in [5, 5.41) is 6.16. The SMILES string of the molecule is C=CCNCC(=O)N[C@@H](C)[C@@H]1C[C@H]2CC[C@H]1C2. The molecule has 2 fully saturated rings. The van der Waals surface area contributed by atoms with E-state index in [1.807, 2.05) is 0 Å². The van der Waals surface area contributed by atoms with Gasteiger partial charge in [-0.2, -0.15) is 0 Å². The molecule has 17 heavy (non-hydrogen) atoms. The minimum atomic E-state index is 0.113. The Balaban J connectivity index is 1.71. The molecule has 2 saturated carbocycles. The van der Waals surface area contributed by atoms with Gasteiger partial charge in [0.1, 0.15) is 0 Å². The quantitative estimate of drug-likeness (QED) is 0.544. The Bertz CT molecular complexity index is 290. The topological polar surface area (TPSA) is 41.1 Å². The average Bonchev–Trinajstić information content (AvgIpc) is 2.91. The predicted molar refractivity (Wildman–Crippen MR) is 69.6 cm³/mol. The molecule has 2 N–H and O–H groups in total. The van der Waals surface area contributed by atoms with Gasteiger partial charge in [0.2, 0.25) is 5.91 Å². The van der Waals surface area contributed by atoms with Gasteiger partial charge in [0.05, 0.1) is 6.54 Å². The summed E-state index contributed by atoms with van der Waals surface area (Å²) in [6.45, 7) is 6.87. The summed E-state index contributed by atoms with van der Waals surface area (Å²) in [6.07, 6.45) is 7.30. The third-order valence-electron chi connectivity index (χ3n) is 4.40. The maximum atomic E-state index is 11.7. The zero-order valence-corrected chi connectivity index (χ0v) is 10.7. The first kappa shape index (κ1) is 12.6. The van der Waals surface area contributed by atoms with Crippen LogP contribution in [-0.2, 0) is 4.79 Å². The standard InChI is InChI=1S/C14H24N2O/c1-3-6-15-9-14(17)16-10(2)13-8-11-4-5-12(13)7-11/h3,10-13,15H,1,4-9H2,2H3,(H,16,17)/t10-,11-,12-,13-/m0/s1. The molecule has 2 bridgehead atoms. The van der Waals surface area contributed by atoms with Crippen LogP contribution in [0.4, 0.5) is 0 Å². The first-order chi connectivity index (χ1) is 8.20. The second kappa shape index (κ2) is 5.67. The molecular weight excluding hydrogens is 212 g/mol. The van der Waals surface area contributed by atoms with Gasteiger partial charge in [-0.3, -0.25) is 4.79 Å². The number of hydrogen-bond donors (Lipinski definition) is 2. The van der Waals surface area contributed by atoms with Crippen LogP contribution in [0, 0.1) is 17.8 Å². The van der Waals surface area contributed by atoms with Crippen LogP contribution in [0.5, 0.6) is 0 Å². The first-order valence-corrected chi connectivity index (χ1v) is 6.81. The Hall–Kier alpha value is -0.830. The number of rotatable bonds is 6.